The minimum atomic E-state index is -0.858. The van der Waals surface area contributed by atoms with Gasteiger partial charge in [-0.2, -0.15) is 0 Å². The Morgan fingerprint density at radius 2 is 2.35 bits per heavy atom. The van der Waals surface area contributed by atoms with Crippen molar-refractivity contribution in [1.29, 1.82) is 0 Å². The highest BCUT2D eigenvalue weighted by Gasteiger charge is 2.30. The van der Waals surface area contributed by atoms with Crippen LogP contribution in [0.25, 0.3) is 0 Å². The summed E-state index contributed by atoms with van der Waals surface area (Å²) in [5.41, 5.74) is 0. The second-order valence-electron chi connectivity index (χ2n) is 4.12. The molecule has 1 aromatic heterocycles. The van der Waals surface area contributed by atoms with Gasteiger partial charge in [0.2, 0.25) is 0 Å². The predicted molar refractivity (Wildman–Crippen MR) is 58.4 cm³/mol. The summed E-state index contributed by atoms with van der Waals surface area (Å²) in [6, 6.07) is -0.597. The lowest BCUT2D eigenvalue weighted by Crippen LogP contribution is -2.49. The molecule has 0 aliphatic carbocycles. The fourth-order valence-corrected chi connectivity index (χ4v) is 1.83. The Hall–Kier alpha value is -1.47. The second-order valence-corrected chi connectivity index (χ2v) is 4.12. The van der Waals surface area contributed by atoms with E-state index in [1.807, 2.05) is 23.4 Å². The fourth-order valence-electron chi connectivity index (χ4n) is 1.83. The van der Waals surface area contributed by atoms with Gasteiger partial charge in [-0.25, -0.2) is 0 Å². The highest BCUT2D eigenvalue weighted by Crippen LogP contribution is 2.11. The number of aryl methyl sites for hydroxylation is 1. The molecule has 2 rings (SSSR count). The molecule has 0 bridgehead atoms. The van der Waals surface area contributed by atoms with Gasteiger partial charge in [0.05, 0.1) is 19.8 Å². The lowest BCUT2D eigenvalue weighted by Gasteiger charge is -2.32. The summed E-state index contributed by atoms with van der Waals surface area (Å²) in [5, 5.41) is 17.1. The molecule has 1 N–H and O–H groups in total. The number of morpholine rings is 1. The zero-order valence-electron chi connectivity index (χ0n) is 9.96. The smallest absolute Gasteiger partial charge is 0.323 e. The first-order chi connectivity index (χ1) is 8.09. The normalized spacial score (nSPS) is 21.6. The third-order valence-electron chi connectivity index (χ3n) is 3.05. The minimum absolute atomic E-state index is 0.228. The Balaban J connectivity index is 2.10. The van der Waals surface area contributed by atoms with Gasteiger partial charge in [0.25, 0.3) is 0 Å². The number of carbonyl (C=O) groups is 1. The summed E-state index contributed by atoms with van der Waals surface area (Å²) in [6.45, 7) is 3.73. The van der Waals surface area contributed by atoms with Crippen LogP contribution >= 0.6 is 0 Å². The van der Waals surface area contributed by atoms with Crippen LogP contribution in [0.2, 0.25) is 0 Å². The van der Waals surface area contributed by atoms with Crippen molar-refractivity contribution in [3.05, 3.63) is 11.6 Å². The standard InChI is InChI=1S/C10H16N4O3/c1-7-11-12-9(13(7)2)5-14-3-4-17-6-8(14)10(15)16/h8H,3-6H2,1-2H3,(H,15,16). The zero-order chi connectivity index (χ0) is 12.4. The van der Waals surface area contributed by atoms with E-state index in [9.17, 15) is 4.79 Å². The van der Waals surface area contributed by atoms with E-state index in [-0.39, 0.29) is 6.61 Å². The van der Waals surface area contributed by atoms with Crippen molar-refractivity contribution in [2.45, 2.75) is 19.5 Å². The zero-order valence-corrected chi connectivity index (χ0v) is 9.96. The Morgan fingerprint density at radius 1 is 1.59 bits per heavy atom. The molecular weight excluding hydrogens is 224 g/mol. The van der Waals surface area contributed by atoms with E-state index in [0.717, 1.165) is 11.6 Å². The molecule has 7 nitrogen and oxygen atoms in total. The number of aliphatic carboxylic acids is 1. The maximum absolute atomic E-state index is 11.1. The number of rotatable bonds is 3. The van der Waals surface area contributed by atoms with Crippen LogP contribution < -0.4 is 0 Å². The molecule has 0 aromatic carbocycles. The first-order valence-electron chi connectivity index (χ1n) is 5.49. The number of carboxylic acids is 1. The van der Waals surface area contributed by atoms with Gasteiger partial charge >= 0.3 is 5.97 Å². The average Bonchev–Trinajstić information content (AvgIpc) is 2.61. The van der Waals surface area contributed by atoms with Crippen LogP contribution in [-0.4, -0.2) is 56.5 Å². The van der Waals surface area contributed by atoms with E-state index in [0.29, 0.717) is 19.7 Å². The lowest BCUT2D eigenvalue weighted by atomic mass is 10.2. The quantitative estimate of drug-likeness (QED) is 0.760. The van der Waals surface area contributed by atoms with E-state index in [4.69, 9.17) is 9.84 Å². The van der Waals surface area contributed by atoms with Crippen LogP contribution in [0, 0.1) is 6.92 Å². The number of ether oxygens (including phenoxy) is 1. The van der Waals surface area contributed by atoms with Gasteiger partial charge in [-0.15, -0.1) is 10.2 Å². The SMILES string of the molecule is Cc1nnc(CN2CCOCC2C(=O)O)n1C. The van der Waals surface area contributed by atoms with E-state index < -0.39 is 12.0 Å². The monoisotopic (exact) mass is 240 g/mol. The van der Waals surface area contributed by atoms with Gasteiger partial charge in [0.1, 0.15) is 17.7 Å². The Morgan fingerprint density at radius 3 is 2.94 bits per heavy atom. The molecule has 1 aliphatic rings. The number of hydrogen-bond donors (Lipinski definition) is 1. The van der Waals surface area contributed by atoms with E-state index >= 15 is 0 Å². The van der Waals surface area contributed by atoms with Crippen LogP contribution in [0.15, 0.2) is 0 Å². The summed E-state index contributed by atoms with van der Waals surface area (Å²) >= 11 is 0. The highest BCUT2D eigenvalue weighted by molar-refractivity contribution is 5.73. The van der Waals surface area contributed by atoms with Gasteiger partial charge in [-0.3, -0.25) is 9.69 Å². The third kappa shape index (κ3) is 2.45. The summed E-state index contributed by atoms with van der Waals surface area (Å²) in [6.07, 6.45) is 0. The summed E-state index contributed by atoms with van der Waals surface area (Å²) in [7, 11) is 1.88. The van der Waals surface area contributed by atoms with Crippen LogP contribution in [0.3, 0.4) is 0 Å². The molecule has 1 unspecified atom stereocenters. The molecule has 1 fully saturated rings. The second kappa shape index (κ2) is 4.80. The third-order valence-corrected chi connectivity index (χ3v) is 3.05. The number of carboxylic acid groups (broad SMARTS) is 1. The molecule has 1 aromatic rings. The maximum Gasteiger partial charge on any atom is 0.323 e. The minimum Gasteiger partial charge on any atom is -0.480 e. The van der Waals surface area contributed by atoms with E-state index in [2.05, 4.69) is 10.2 Å². The van der Waals surface area contributed by atoms with Gasteiger partial charge in [0.15, 0.2) is 0 Å². The van der Waals surface area contributed by atoms with Crippen molar-refractivity contribution in [3.8, 4) is 0 Å². The van der Waals surface area contributed by atoms with Crippen molar-refractivity contribution in [3.63, 3.8) is 0 Å². The Bertz CT molecular complexity index is 418. The van der Waals surface area contributed by atoms with Gasteiger partial charge in [-0.1, -0.05) is 0 Å². The molecule has 1 aliphatic heterocycles. The van der Waals surface area contributed by atoms with Crippen molar-refractivity contribution in [1.82, 2.24) is 19.7 Å². The summed E-state index contributed by atoms with van der Waals surface area (Å²) in [5.74, 6) is 0.736. The molecule has 0 spiro atoms. The fraction of sp³-hybridized carbons (Fsp3) is 0.700. The number of hydrogen-bond acceptors (Lipinski definition) is 5. The molecule has 2 heterocycles. The Kier molecular flexibility index (Phi) is 3.39. The molecular formula is C10H16N4O3. The maximum atomic E-state index is 11.1. The van der Waals surface area contributed by atoms with E-state index in [1.54, 1.807) is 0 Å². The molecule has 1 saturated heterocycles. The molecule has 7 heteroatoms. The van der Waals surface area contributed by atoms with Crippen molar-refractivity contribution < 1.29 is 14.6 Å². The molecule has 17 heavy (non-hydrogen) atoms. The van der Waals surface area contributed by atoms with Crippen molar-refractivity contribution in [2.24, 2.45) is 7.05 Å². The largest absolute Gasteiger partial charge is 0.480 e. The first-order valence-corrected chi connectivity index (χ1v) is 5.49. The molecule has 0 radical (unpaired) electrons. The van der Waals surface area contributed by atoms with Crippen molar-refractivity contribution in [2.75, 3.05) is 19.8 Å². The summed E-state index contributed by atoms with van der Waals surface area (Å²) < 4.78 is 7.05. The lowest BCUT2D eigenvalue weighted by molar-refractivity contribution is -0.150. The van der Waals surface area contributed by atoms with E-state index in [1.165, 1.54) is 0 Å². The van der Waals surface area contributed by atoms with Crippen LogP contribution in [-0.2, 0) is 23.1 Å². The van der Waals surface area contributed by atoms with Crippen LogP contribution in [0.5, 0.6) is 0 Å². The van der Waals surface area contributed by atoms with Gasteiger partial charge in [-0.05, 0) is 6.92 Å². The van der Waals surface area contributed by atoms with Crippen molar-refractivity contribution >= 4 is 5.97 Å². The summed E-state index contributed by atoms with van der Waals surface area (Å²) in [4.78, 5) is 12.9. The van der Waals surface area contributed by atoms with Gasteiger partial charge < -0.3 is 14.4 Å². The molecule has 94 valence electrons. The number of aromatic nitrogens is 3. The average molecular weight is 240 g/mol. The molecule has 0 saturated carbocycles. The number of nitrogens with zero attached hydrogens (tertiary/aromatic N) is 4. The topological polar surface area (TPSA) is 80.5 Å². The molecule has 0 amide bonds. The van der Waals surface area contributed by atoms with Crippen LogP contribution in [0.4, 0.5) is 0 Å². The first kappa shape index (κ1) is 12.0. The Labute approximate surface area is 99.0 Å². The van der Waals surface area contributed by atoms with Crippen LogP contribution in [0.1, 0.15) is 11.6 Å². The predicted octanol–water partition coefficient (Wildman–Crippen LogP) is -0.591. The molecule has 1 atom stereocenters. The highest BCUT2D eigenvalue weighted by atomic mass is 16.5. The van der Waals surface area contributed by atoms with Gasteiger partial charge in [0, 0.05) is 13.6 Å².